The van der Waals surface area contributed by atoms with Gasteiger partial charge in [0.15, 0.2) is 6.29 Å². The first kappa shape index (κ1) is 22.9. The summed E-state index contributed by atoms with van der Waals surface area (Å²) in [6.07, 6.45) is 1.01. The van der Waals surface area contributed by atoms with Crippen molar-refractivity contribution in [1.29, 1.82) is 0 Å². The molecular formula is C33H20Br2O. The van der Waals surface area contributed by atoms with Crippen molar-refractivity contribution in [2.45, 2.75) is 0 Å². The number of aldehydes is 1. The van der Waals surface area contributed by atoms with E-state index < -0.39 is 0 Å². The molecule has 0 heterocycles. The van der Waals surface area contributed by atoms with Crippen LogP contribution in [0.3, 0.4) is 0 Å². The first-order chi connectivity index (χ1) is 17.6. The van der Waals surface area contributed by atoms with Crippen molar-refractivity contribution >= 4 is 59.7 Å². The Hall–Kier alpha value is -3.53. The van der Waals surface area contributed by atoms with Gasteiger partial charge in [-0.2, -0.15) is 0 Å². The van der Waals surface area contributed by atoms with Gasteiger partial charge in [0.2, 0.25) is 0 Å². The van der Waals surface area contributed by atoms with E-state index in [4.69, 9.17) is 0 Å². The molecule has 0 amide bonds. The molecule has 0 atom stereocenters. The summed E-state index contributed by atoms with van der Waals surface area (Å²) in [6, 6.07) is 39.8. The van der Waals surface area contributed by atoms with Crippen LogP contribution in [0.1, 0.15) is 10.4 Å². The quantitative estimate of drug-likeness (QED) is 0.147. The summed E-state index contributed by atoms with van der Waals surface area (Å²) >= 11 is 7.12. The standard InChI is InChI=1S/C33H20Br2O/c34-25-14-10-21(11-15-25)24-18-29(22-6-2-1-3-7-22)33-30(19-24)27-8-4-5-9-28(27)31(20-36)32(33)23-12-16-26(35)17-13-23/h1-20H. The van der Waals surface area contributed by atoms with E-state index in [1.807, 2.05) is 30.3 Å². The van der Waals surface area contributed by atoms with E-state index in [0.29, 0.717) is 5.56 Å². The van der Waals surface area contributed by atoms with Crippen molar-refractivity contribution in [3.63, 3.8) is 0 Å². The van der Waals surface area contributed by atoms with Gasteiger partial charge < -0.3 is 0 Å². The lowest BCUT2D eigenvalue weighted by molar-refractivity contribution is 0.112. The highest BCUT2D eigenvalue weighted by atomic mass is 79.9. The van der Waals surface area contributed by atoms with Crippen LogP contribution in [0, 0.1) is 0 Å². The number of hydrogen-bond donors (Lipinski definition) is 0. The zero-order valence-corrected chi connectivity index (χ0v) is 22.4. The Morgan fingerprint density at radius 3 is 1.72 bits per heavy atom. The van der Waals surface area contributed by atoms with Gasteiger partial charge >= 0.3 is 0 Å². The molecule has 0 spiro atoms. The summed E-state index contributed by atoms with van der Waals surface area (Å²) in [5, 5.41) is 4.26. The summed E-state index contributed by atoms with van der Waals surface area (Å²) in [5.41, 5.74) is 7.21. The maximum absolute atomic E-state index is 12.7. The third-order valence-electron chi connectivity index (χ3n) is 6.68. The van der Waals surface area contributed by atoms with Crippen LogP contribution in [0.2, 0.25) is 0 Å². The predicted molar refractivity (Wildman–Crippen MR) is 159 cm³/mol. The van der Waals surface area contributed by atoms with Gasteiger partial charge in [-0.25, -0.2) is 0 Å². The Kier molecular flexibility index (Phi) is 6.04. The normalized spacial score (nSPS) is 11.2. The van der Waals surface area contributed by atoms with Crippen molar-refractivity contribution in [1.82, 2.24) is 0 Å². The van der Waals surface area contributed by atoms with E-state index in [1.165, 1.54) is 0 Å². The maximum atomic E-state index is 12.7. The molecular weight excluding hydrogens is 572 g/mol. The van der Waals surface area contributed by atoms with Crippen molar-refractivity contribution in [2.24, 2.45) is 0 Å². The SMILES string of the molecule is O=Cc1c(-c2ccc(Br)cc2)c2c(-c3ccccc3)cc(-c3ccc(Br)cc3)cc2c2ccccc12. The Morgan fingerprint density at radius 1 is 0.500 bits per heavy atom. The average molecular weight is 592 g/mol. The van der Waals surface area contributed by atoms with Crippen LogP contribution >= 0.6 is 31.9 Å². The molecule has 1 nitrogen and oxygen atoms in total. The largest absolute Gasteiger partial charge is 0.298 e. The molecule has 6 aromatic rings. The third-order valence-corrected chi connectivity index (χ3v) is 7.74. The zero-order valence-electron chi connectivity index (χ0n) is 19.2. The van der Waals surface area contributed by atoms with Crippen LogP contribution in [0.15, 0.2) is 124 Å². The van der Waals surface area contributed by atoms with Gasteiger partial charge in [0, 0.05) is 20.1 Å². The summed E-state index contributed by atoms with van der Waals surface area (Å²) in [5.74, 6) is 0. The molecule has 172 valence electrons. The predicted octanol–water partition coefficient (Wildman–Crippen LogP) is 10.3. The van der Waals surface area contributed by atoms with Crippen molar-refractivity contribution in [3.05, 3.63) is 130 Å². The molecule has 36 heavy (non-hydrogen) atoms. The van der Waals surface area contributed by atoms with Crippen LogP contribution in [-0.4, -0.2) is 6.29 Å². The Bertz CT molecular complexity index is 1740. The first-order valence-corrected chi connectivity index (χ1v) is 13.3. The van der Waals surface area contributed by atoms with Crippen molar-refractivity contribution in [3.8, 4) is 33.4 Å². The van der Waals surface area contributed by atoms with Gasteiger partial charge in [-0.15, -0.1) is 0 Å². The third kappa shape index (κ3) is 3.99. The molecule has 0 aliphatic heterocycles. The number of rotatable bonds is 4. The van der Waals surface area contributed by atoms with Crippen LogP contribution in [0.5, 0.6) is 0 Å². The lowest BCUT2D eigenvalue weighted by atomic mass is 9.83. The molecule has 0 radical (unpaired) electrons. The van der Waals surface area contributed by atoms with E-state index >= 15 is 0 Å². The molecule has 0 aliphatic rings. The lowest BCUT2D eigenvalue weighted by Gasteiger charge is -2.20. The second-order valence-electron chi connectivity index (χ2n) is 8.78. The Morgan fingerprint density at radius 2 is 1.08 bits per heavy atom. The number of halogens is 2. The van der Waals surface area contributed by atoms with Gasteiger partial charge in [-0.05, 0) is 85.8 Å². The molecule has 0 N–H and O–H groups in total. The number of hydrogen-bond acceptors (Lipinski definition) is 1. The van der Waals surface area contributed by atoms with Gasteiger partial charge in [0.05, 0.1) is 0 Å². The minimum atomic E-state index is 0.717. The molecule has 0 aromatic heterocycles. The lowest BCUT2D eigenvalue weighted by Crippen LogP contribution is -1.96. The van der Waals surface area contributed by atoms with Gasteiger partial charge in [0.25, 0.3) is 0 Å². The molecule has 0 saturated heterocycles. The fraction of sp³-hybridized carbons (Fsp3) is 0. The highest BCUT2D eigenvalue weighted by Gasteiger charge is 2.20. The van der Waals surface area contributed by atoms with E-state index in [1.54, 1.807) is 0 Å². The second kappa shape index (κ2) is 9.50. The van der Waals surface area contributed by atoms with Gasteiger partial charge in [-0.3, -0.25) is 4.79 Å². The van der Waals surface area contributed by atoms with E-state index in [2.05, 4.69) is 117 Å². The molecule has 6 rings (SSSR count). The summed E-state index contributed by atoms with van der Waals surface area (Å²) in [7, 11) is 0. The molecule has 3 heteroatoms. The van der Waals surface area contributed by atoms with Gasteiger partial charge in [-0.1, -0.05) is 111 Å². The summed E-state index contributed by atoms with van der Waals surface area (Å²) in [6.45, 7) is 0. The summed E-state index contributed by atoms with van der Waals surface area (Å²) < 4.78 is 2.05. The highest BCUT2D eigenvalue weighted by Crippen LogP contribution is 2.45. The van der Waals surface area contributed by atoms with E-state index in [0.717, 1.165) is 70.2 Å². The molecule has 0 fully saturated rings. The minimum Gasteiger partial charge on any atom is -0.298 e. The Labute approximate surface area is 226 Å². The molecule has 6 aromatic carbocycles. The average Bonchev–Trinajstić information content (AvgIpc) is 2.93. The van der Waals surface area contributed by atoms with Crippen LogP contribution in [-0.2, 0) is 0 Å². The topological polar surface area (TPSA) is 17.1 Å². The highest BCUT2D eigenvalue weighted by molar-refractivity contribution is 9.10. The molecule has 0 unspecified atom stereocenters. The monoisotopic (exact) mass is 590 g/mol. The van der Waals surface area contributed by atoms with Crippen LogP contribution in [0.4, 0.5) is 0 Å². The van der Waals surface area contributed by atoms with Crippen LogP contribution in [0.25, 0.3) is 54.9 Å². The van der Waals surface area contributed by atoms with E-state index in [9.17, 15) is 4.79 Å². The minimum absolute atomic E-state index is 0.717. The van der Waals surface area contributed by atoms with Gasteiger partial charge in [0.1, 0.15) is 0 Å². The van der Waals surface area contributed by atoms with Crippen molar-refractivity contribution < 1.29 is 4.79 Å². The zero-order chi connectivity index (χ0) is 24.6. The number of carbonyl (C=O) groups excluding carboxylic acids is 1. The second-order valence-corrected chi connectivity index (χ2v) is 10.6. The fourth-order valence-electron chi connectivity index (χ4n) is 5.04. The number of benzene rings is 6. The molecule has 0 saturated carbocycles. The number of fused-ring (bicyclic) bond motifs is 3. The summed E-state index contributed by atoms with van der Waals surface area (Å²) in [4.78, 5) is 12.7. The molecule has 0 aliphatic carbocycles. The first-order valence-electron chi connectivity index (χ1n) is 11.7. The molecule has 0 bridgehead atoms. The van der Waals surface area contributed by atoms with Crippen molar-refractivity contribution in [2.75, 3.05) is 0 Å². The smallest absolute Gasteiger partial charge is 0.151 e. The van der Waals surface area contributed by atoms with Crippen LogP contribution < -0.4 is 0 Å². The maximum Gasteiger partial charge on any atom is 0.151 e. The van der Waals surface area contributed by atoms with E-state index in [-0.39, 0.29) is 0 Å². The Balaban J connectivity index is 1.84. The fourth-order valence-corrected chi connectivity index (χ4v) is 5.57. The number of carbonyl (C=O) groups is 1.